The number of aromatic nitrogens is 4. The lowest BCUT2D eigenvalue weighted by molar-refractivity contribution is 0.584. The predicted octanol–water partition coefficient (Wildman–Crippen LogP) is 0.353. The van der Waals surface area contributed by atoms with Crippen LogP contribution in [0, 0.1) is 0 Å². The third-order valence-corrected chi connectivity index (χ3v) is 4.77. The summed E-state index contributed by atoms with van der Waals surface area (Å²) < 4.78 is 26.9. The van der Waals surface area contributed by atoms with E-state index in [4.69, 9.17) is 0 Å². The zero-order chi connectivity index (χ0) is 14.9. The summed E-state index contributed by atoms with van der Waals surface area (Å²) in [6.07, 6.45) is 2.28. The zero-order valence-corrected chi connectivity index (χ0v) is 12.6. The molecule has 2 aromatic heterocycles. The molecule has 8 nitrogen and oxygen atoms in total. The average Bonchev–Trinajstić information content (AvgIpc) is 3.23. The van der Waals surface area contributed by atoms with Crippen molar-refractivity contribution in [2.45, 2.75) is 25.7 Å². The van der Waals surface area contributed by atoms with Crippen LogP contribution in [0.4, 0.5) is 5.82 Å². The maximum atomic E-state index is 11.3. The molecule has 1 aliphatic carbocycles. The van der Waals surface area contributed by atoms with Crippen LogP contribution in [0.5, 0.6) is 0 Å². The van der Waals surface area contributed by atoms with Crippen LogP contribution in [0.15, 0.2) is 12.1 Å². The Kier molecular flexibility index (Phi) is 3.77. The van der Waals surface area contributed by atoms with Gasteiger partial charge in [-0.05, 0) is 31.9 Å². The second kappa shape index (κ2) is 5.57. The number of nitrogens with one attached hydrogen (secondary N) is 2. The first-order chi connectivity index (χ1) is 10.1. The van der Waals surface area contributed by atoms with Crippen LogP contribution in [-0.4, -0.2) is 47.1 Å². The van der Waals surface area contributed by atoms with Gasteiger partial charge in [0.1, 0.15) is 5.82 Å². The van der Waals surface area contributed by atoms with E-state index in [1.165, 1.54) is 0 Å². The largest absolute Gasteiger partial charge is 0.367 e. The Hall–Kier alpha value is -1.74. The normalized spacial score (nSPS) is 15.5. The lowest BCUT2D eigenvalue weighted by Gasteiger charge is -2.07. The van der Waals surface area contributed by atoms with E-state index in [0.717, 1.165) is 24.3 Å². The summed E-state index contributed by atoms with van der Waals surface area (Å²) in [4.78, 5) is 0. The Balaban J connectivity index is 1.63. The Morgan fingerprint density at radius 1 is 1.29 bits per heavy atom. The van der Waals surface area contributed by atoms with E-state index in [2.05, 4.69) is 25.3 Å². The molecule has 2 heterocycles. The van der Waals surface area contributed by atoms with Crippen LogP contribution in [0.25, 0.3) is 5.65 Å². The van der Waals surface area contributed by atoms with Crippen molar-refractivity contribution in [3.05, 3.63) is 18.0 Å². The third-order valence-electron chi connectivity index (χ3n) is 3.36. The fourth-order valence-electron chi connectivity index (χ4n) is 2.00. The summed E-state index contributed by atoms with van der Waals surface area (Å²) in [5.74, 6) is 2.14. The smallest absolute Gasteiger partial charge is 0.211 e. The summed E-state index contributed by atoms with van der Waals surface area (Å²) in [5.41, 5.74) is 0.731. The van der Waals surface area contributed by atoms with Crippen LogP contribution in [0.1, 0.15) is 31.5 Å². The fourth-order valence-corrected chi connectivity index (χ4v) is 2.61. The topological polar surface area (TPSA) is 101 Å². The molecular formula is C12H18N6O2S. The Bertz CT molecular complexity index is 737. The maximum Gasteiger partial charge on any atom is 0.211 e. The SMILES string of the molecule is CCS(=O)(=O)NCCNc1ccc2nnc(C3CC3)n2n1. The number of anilines is 1. The maximum absolute atomic E-state index is 11.3. The molecule has 0 aromatic carbocycles. The van der Waals surface area contributed by atoms with Crippen molar-refractivity contribution in [2.75, 3.05) is 24.2 Å². The molecule has 3 rings (SSSR count). The van der Waals surface area contributed by atoms with Crippen LogP contribution in [0.3, 0.4) is 0 Å². The van der Waals surface area contributed by atoms with Crippen molar-refractivity contribution < 1.29 is 8.42 Å². The summed E-state index contributed by atoms with van der Waals surface area (Å²) in [5, 5.41) is 15.8. The van der Waals surface area contributed by atoms with E-state index in [9.17, 15) is 8.42 Å². The van der Waals surface area contributed by atoms with Crippen molar-refractivity contribution in [1.82, 2.24) is 24.5 Å². The minimum Gasteiger partial charge on any atom is -0.367 e. The molecule has 0 spiro atoms. The van der Waals surface area contributed by atoms with E-state index in [1.807, 2.05) is 12.1 Å². The lowest BCUT2D eigenvalue weighted by atomic mass is 10.4. The fraction of sp³-hybridized carbons (Fsp3) is 0.583. The van der Waals surface area contributed by atoms with E-state index in [1.54, 1.807) is 11.4 Å². The second-order valence-corrected chi connectivity index (χ2v) is 7.14. The van der Waals surface area contributed by atoms with Gasteiger partial charge < -0.3 is 5.32 Å². The van der Waals surface area contributed by atoms with Crippen molar-refractivity contribution in [3.63, 3.8) is 0 Å². The summed E-state index contributed by atoms with van der Waals surface area (Å²) in [6, 6.07) is 3.67. The highest BCUT2D eigenvalue weighted by atomic mass is 32.2. The van der Waals surface area contributed by atoms with Crippen LogP contribution >= 0.6 is 0 Å². The van der Waals surface area contributed by atoms with Crippen molar-refractivity contribution in [1.29, 1.82) is 0 Å². The monoisotopic (exact) mass is 310 g/mol. The number of nitrogens with zero attached hydrogens (tertiary/aromatic N) is 4. The molecule has 0 aliphatic heterocycles. The van der Waals surface area contributed by atoms with Gasteiger partial charge in [0.15, 0.2) is 11.5 Å². The van der Waals surface area contributed by atoms with Gasteiger partial charge in [-0.25, -0.2) is 13.1 Å². The highest BCUT2D eigenvalue weighted by Gasteiger charge is 2.29. The van der Waals surface area contributed by atoms with Crippen molar-refractivity contribution in [3.8, 4) is 0 Å². The number of hydrogen-bond donors (Lipinski definition) is 2. The number of hydrogen-bond acceptors (Lipinski definition) is 6. The Morgan fingerprint density at radius 2 is 2.10 bits per heavy atom. The van der Waals surface area contributed by atoms with Gasteiger partial charge in [0.2, 0.25) is 10.0 Å². The number of sulfonamides is 1. The van der Waals surface area contributed by atoms with E-state index < -0.39 is 10.0 Å². The molecule has 0 bridgehead atoms. The standard InChI is InChI=1S/C12H18N6O2S/c1-2-21(19,20)14-8-7-13-10-5-6-11-15-16-12(9-3-4-9)18(11)17-10/h5-6,9,14H,2-4,7-8H2,1H3,(H,13,17). The van der Waals surface area contributed by atoms with Gasteiger partial charge in [-0.1, -0.05) is 0 Å². The number of fused-ring (bicyclic) bond motifs is 1. The molecule has 0 saturated heterocycles. The van der Waals surface area contributed by atoms with Gasteiger partial charge in [0.05, 0.1) is 5.75 Å². The molecule has 1 saturated carbocycles. The third kappa shape index (κ3) is 3.30. The average molecular weight is 310 g/mol. The molecule has 1 aliphatic rings. The van der Waals surface area contributed by atoms with E-state index in [0.29, 0.717) is 24.8 Å². The summed E-state index contributed by atoms with van der Waals surface area (Å²) >= 11 is 0. The van der Waals surface area contributed by atoms with Crippen molar-refractivity contribution >= 4 is 21.5 Å². The lowest BCUT2D eigenvalue weighted by Crippen LogP contribution is -2.30. The van der Waals surface area contributed by atoms with E-state index >= 15 is 0 Å². The molecule has 0 unspecified atom stereocenters. The van der Waals surface area contributed by atoms with Gasteiger partial charge >= 0.3 is 0 Å². The van der Waals surface area contributed by atoms with E-state index in [-0.39, 0.29) is 5.75 Å². The van der Waals surface area contributed by atoms with Gasteiger partial charge in [-0.15, -0.1) is 15.3 Å². The molecule has 21 heavy (non-hydrogen) atoms. The van der Waals surface area contributed by atoms with Crippen molar-refractivity contribution in [2.24, 2.45) is 0 Å². The minimum absolute atomic E-state index is 0.0860. The Morgan fingerprint density at radius 3 is 2.81 bits per heavy atom. The van der Waals surface area contributed by atoms with Crippen LogP contribution < -0.4 is 10.0 Å². The first-order valence-corrected chi connectivity index (χ1v) is 8.68. The second-order valence-electron chi connectivity index (χ2n) is 5.05. The number of rotatable bonds is 7. The molecule has 0 atom stereocenters. The quantitative estimate of drug-likeness (QED) is 0.716. The minimum atomic E-state index is -3.14. The molecule has 114 valence electrons. The molecule has 1 fully saturated rings. The molecule has 9 heteroatoms. The highest BCUT2D eigenvalue weighted by molar-refractivity contribution is 7.89. The highest BCUT2D eigenvalue weighted by Crippen LogP contribution is 2.38. The molecule has 2 aromatic rings. The summed E-state index contributed by atoms with van der Waals surface area (Å²) in [7, 11) is -3.14. The first-order valence-electron chi connectivity index (χ1n) is 7.02. The van der Waals surface area contributed by atoms with Gasteiger partial charge in [-0.2, -0.15) is 4.52 Å². The Labute approximate surface area is 123 Å². The molecule has 0 amide bonds. The molecule has 0 radical (unpaired) electrons. The first kappa shape index (κ1) is 14.2. The zero-order valence-electron chi connectivity index (χ0n) is 11.8. The predicted molar refractivity (Wildman–Crippen MR) is 78.7 cm³/mol. The van der Waals surface area contributed by atoms with Crippen LogP contribution in [0.2, 0.25) is 0 Å². The van der Waals surface area contributed by atoms with Gasteiger partial charge in [-0.3, -0.25) is 0 Å². The van der Waals surface area contributed by atoms with Gasteiger partial charge in [0, 0.05) is 19.0 Å². The summed E-state index contributed by atoms with van der Waals surface area (Å²) in [6.45, 7) is 2.41. The van der Waals surface area contributed by atoms with Crippen LogP contribution in [-0.2, 0) is 10.0 Å². The van der Waals surface area contributed by atoms with Gasteiger partial charge in [0.25, 0.3) is 0 Å². The molecular weight excluding hydrogens is 292 g/mol. The molecule has 2 N–H and O–H groups in total.